The molecule has 1 aromatic carbocycles. The van der Waals surface area contributed by atoms with E-state index in [1.54, 1.807) is 6.07 Å². The first-order valence-electron chi connectivity index (χ1n) is 6.61. The molecule has 0 aromatic heterocycles. The zero-order valence-corrected chi connectivity index (χ0v) is 13.5. The SMILES string of the molecule is CN(CCN1CCNCC1)Cc1ccccc1F.Cl.Cl. The molecule has 0 saturated carbocycles. The lowest BCUT2D eigenvalue weighted by molar-refractivity contribution is 0.201. The molecule has 0 aliphatic carbocycles. The van der Waals surface area contributed by atoms with Gasteiger partial charge in [0.15, 0.2) is 0 Å². The molecule has 20 heavy (non-hydrogen) atoms. The third-order valence-electron chi connectivity index (χ3n) is 3.41. The van der Waals surface area contributed by atoms with Gasteiger partial charge in [-0.1, -0.05) is 18.2 Å². The Balaban J connectivity index is 0.00000180. The largest absolute Gasteiger partial charge is 0.314 e. The van der Waals surface area contributed by atoms with Gasteiger partial charge in [-0.3, -0.25) is 4.90 Å². The molecule has 2 rings (SSSR count). The van der Waals surface area contributed by atoms with Crippen LogP contribution in [0.15, 0.2) is 24.3 Å². The van der Waals surface area contributed by atoms with E-state index in [2.05, 4.69) is 22.2 Å². The van der Waals surface area contributed by atoms with Crippen molar-refractivity contribution in [3.8, 4) is 0 Å². The van der Waals surface area contributed by atoms with Crippen molar-refractivity contribution < 1.29 is 4.39 Å². The highest BCUT2D eigenvalue weighted by Crippen LogP contribution is 2.08. The van der Waals surface area contributed by atoms with Crippen molar-refractivity contribution in [1.82, 2.24) is 15.1 Å². The summed E-state index contributed by atoms with van der Waals surface area (Å²) in [7, 11) is 2.05. The van der Waals surface area contributed by atoms with E-state index in [9.17, 15) is 4.39 Å². The first-order valence-corrected chi connectivity index (χ1v) is 6.61. The predicted octanol–water partition coefficient (Wildman–Crippen LogP) is 2.01. The second-order valence-electron chi connectivity index (χ2n) is 4.92. The van der Waals surface area contributed by atoms with E-state index in [4.69, 9.17) is 0 Å². The molecule has 6 heteroatoms. The summed E-state index contributed by atoms with van der Waals surface area (Å²) in [6.45, 7) is 7.12. The summed E-state index contributed by atoms with van der Waals surface area (Å²) in [6, 6.07) is 7.01. The number of nitrogens with zero attached hydrogens (tertiary/aromatic N) is 2. The molecule has 1 saturated heterocycles. The van der Waals surface area contributed by atoms with Gasteiger partial charge in [-0.05, 0) is 13.1 Å². The number of hydrogen-bond donors (Lipinski definition) is 1. The van der Waals surface area contributed by atoms with Crippen molar-refractivity contribution in [3.05, 3.63) is 35.6 Å². The van der Waals surface area contributed by atoms with E-state index in [-0.39, 0.29) is 30.6 Å². The molecule has 1 fully saturated rings. The fraction of sp³-hybridized carbons (Fsp3) is 0.571. The Kier molecular flexibility index (Phi) is 10.2. The Morgan fingerprint density at radius 2 is 1.85 bits per heavy atom. The van der Waals surface area contributed by atoms with Crippen LogP contribution in [0.5, 0.6) is 0 Å². The molecule has 0 unspecified atom stereocenters. The molecule has 0 radical (unpaired) electrons. The number of likely N-dealkylation sites (N-methyl/N-ethyl adjacent to an activating group) is 1. The fourth-order valence-corrected chi connectivity index (χ4v) is 2.24. The summed E-state index contributed by atoms with van der Waals surface area (Å²) >= 11 is 0. The fourth-order valence-electron chi connectivity index (χ4n) is 2.24. The van der Waals surface area contributed by atoms with Gasteiger partial charge in [0.2, 0.25) is 0 Å². The zero-order valence-electron chi connectivity index (χ0n) is 11.8. The number of halogens is 3. The lowest BCUT2D eigenvalue weighted by Gasteiger charge is -2.29. The molecular weight excluding hydrogens is 300 g/mol. The van der Waals surface area contributed by atoms with E-state index in [0.29, 0.717) is 6.54 Å². The summed E-state index contributed by atoms with van der Waals surface area (Å²) < 4.78 is 13.5. The standard InChI is InChI=1S/C14H22FN3.2ClH/c1-17(10-11-18-8-6-16-7-9-18)12-13-4-2-3-5-14(13)15;;/h2-5,16H,6-12H2,1H3;2*1H. The van der Waals surface area contributed by atoms with Crippen LogP contribution in [0.4, 0.5) is 4.39 Å². The van der Waals surface area contributed by atoms with Crippen LogP contribution in [0.1, 0.15) is 5.56 Å². The summed E-state index contributed by atoms with van der Waals surface area (Å²) in [4.78, 5) is 4.63. The summed E-state index contributed by atoms with van der Waals surface area (Å²) in [5.41, 5.74) is 0.778. The van der Waals surface area contributed by atoms with Crippen molar-refractivity contribution >= 4 is 24.8 Å². The Bertz CT molecular complexity index is 373. The van der Waals surface area contributed by atoms with Gasteiger partial charge in [-0.25, -0.2) is 4.39 Å². The highest BCUT2D eigenvalue weighted by molar-refractivity contribution is 5.85. The smallest absolute Gasteiger partial charge is 0.127 e. The first-order chi connectivity index (χ1) is 8.75. The minimum atomic E-state index is -0.105. The molecule has 0 bridgehead atoms. The summed E-state index contributed by atoms with van der Waals surface area (Å²) in [6.07, 6.45) is 0. The van der Waals surface area contributed by atoms with E-state index >= 15 is 0 Å². The van der Waals surface area contributed by atoms with Crippen LogP contribution in [-0.2, 0) is 6.54 Å². The molecule has 1 heterocycles. The van der Waals surface area contributed by atoms with E-state index in [0.717, 1.165) is 44.8 Å². The monoisotopic (exact) mass is 323 g/mol. The van der Waals surface area contributed by atoms with Crippen molar-refractivity contribution in [2.24, 2.45) is 0 Å². The van der Waals surface area contributed by atoms with Crippen LogP contribution in [-0.4, -0.2) is 56.1 Å². The Morgan fingerprint density at radius 1 is 1.20 bits per heavy atom. The number of hydrogen-bond acceptors (Lipinski definition) is 3. The maximum absolute atomic E-state index is 13.5. The molecule has 0 spiro atoms. The van der Waals surface area contributed by atoms with Gasteiger partial charge in [0.05, 0.1) is 0 Å². The molecule has 0 amide bonds. The summed E-state index contributed by atoms with van der Waals surface area (Å²) in [5.74, 6) is -0.105. The molecule has 1 aromatic rings. The Hall–Kier alpha value is -0.390. The molecule has 0 atom stereocenters. The Labute approximate surface area is 133 Å². The average Bonchev–Trinajstić information content (AvgIpc) is 2.40. The summed E-state index contributed by atoms with van der Waals surface area (Å²) in [5, 5.41) is 3.34. The number of rotatable bonds is 5. The van der Waals surface area contributed by atoms with Crippen LogP contribution in [0.3, 0.4) is 0 Å². The van der Waals surface area contributed by atoms with E-state index < -0.39 is 0 Å². The number of piperazine rings is 1. The van der Waals surface area contributed by atoms with Crippen LogP contribution < -0.4 is 5.32 Å². The van der Waals surface area contributed by atoms with E-state index in [1.165, 1.54) is 6.07 Å². The lowest BCUT2D eigenvalue weighted by Crippen LogP contribution is -2.45. The second kappa shape index (κ2) is 10.4. The molecular formula is C14H24Cl2FN3. The van der Waals surface area contributed by atoms with Gasteiger partial charge in [-0.2, -0.15) is 0 Å². The average molecular weight is 324 g/mol. The van der Waals surface area contributed by atoms with Gasteiger partial charge in [-0.15, -0.1) is 24.8 Å². The van der Waals surface area contributed by atoms with Crippen LogP contribution in [0.2, 0.25) is 0 Å². The quantitative estimate of drug-likeness (QED) is 0.894. The maximum atomic E-state index is 13.5. The molecule has 1 N–H and O–H groups in total. The van der Waals surface area contributed by atoms with Gasteiger partial charge in [0.25, 0.3) is 0 Å². The van der Waals surface area contributed by atoms with Gasteiger partial charge in [0.1, 0.15) is 5.82 Å². The number of nitrogens with one attached hydrogen (secondary N) is 1. The lowest BCUT2D eigenvalue weighted by atomic mass is 10.2. The number of benzene rings is 1. The molecule has 1 aliphatic rings. The third kappa shape index (κ3) is 6.37. The van der Waals surface area contributed by atoms with Crippen molar-refractivity contribution in [2.45, 2.75) is 6.54 Å². The Morgan fingerprint density at radius 3 is 2.50 bits per heavy atom. The third-order valence-corrected chi connectivity index (χ3v) is 3.41. The highest BCUT2D eigenvalue weighted by atomic mass is 35.5. The zero-order chi connectivity index (χ0) is 12.8. The van der Waals surface area contributed by atoms with E-state index in [1.807, 2.05) is 12.1 Å². The van der Waals surface area contributed by atoms with Gasteiger partial charge < -0.3 is 10.2 Å². The normalized spacial score (nSPS) is 15.6. The van der Waals surface area contributed by atoms with Crippen molar-refractivity contribution in [1.29, 1.82) is 0 Å². The van der Waals surface area contributed by atoms with Crippen LogP contribution >= 0.6 is 24.8 Å². The van der Waals surface area contributed by atoms with Crippen molar-refractivity contribution in [2.75, 3.05) is 46.3 Å². The highest BCUT2D eigenvalue weighted by Gasteiger charge is 2.10. The molecule has 1 aliphatic heterocycles. The topological polar surface area (TPSA) is 18.5 Å². The maximum Gasteiger partial charge on any atom is 0.127 e. The minimum Gasteiger partial charge on any atom is -0.314 e. The minimum absolute atomic E-state index is 0. The van der Waals surface area contributed by atoms with Gasteiger partial charge in [0, 0.05) is 51.4 Å². The molecule has 116 valence electrons. The van der Waals surface area contributed by atoms with Crippen LogP contribution in [0, 0.1) is 5.82 Å². The molecule has 3 nitrogen and oxygen atoms in total. The van der Waals surface area contributed by atoms with Gasteiger partial charge >= 0.3 is 0 Å². The van der Waals surface area contributed by atoms with Crippen molar-refractivity contribution in [3.63, 3.8) is 0 Å². The second-order valence-corrected chi connectivity index (χ2v) is 4.92. The predicted molar refractivity (Wildman–Crippen MR) is 86.5 cm³/mol. The first kappa shape index (κ1) is 19.6. The van der Waals surface area contributed by atoms with Crippen LogP contribution in [0.25, 0.3) is 0 Å².